The lowest BCUT2D eigenvalue weighted by molar-refractivity contribution is -0.117. The van der Waals surface area contributed by atoms with E-state index in [0.717, 1.165) is 37.1 Å². The lowest BCUT2D eigenvalue weighted by Gasteiger charge is -2.34. The van der Waals surface area contributed by atoms with Crippen molar-refractivity contribution in [3.63, 3.8) is 0 Å². The van der Waals surface area contributed by atoms with E-state index in [2.05, 4.69) is 73.1 Å². The molecule has 3 aliphatic heterocycles. The first-order valence-corrected chi connectivity index (χ1v) is 17.6. The zero-order chi connectivity index (χ0) is 28.3. The number of rotatable bonds is 6. The molecule has 3 heterocycles. The number of Topliss-reactive ketones (excluding diaryl/α,β-unsaturated/α-hetero) is 1. The predicted octanol–water partition coefficient (Wildman–Crippen LogP) is 2.18. The molecule has 206 valence electrons. The molecular formula is C34H40N3O2Si+. The molecule has 3 aliphatic rings. The average molecular weight is 551 g/mol. The second-order valence-electron chi connectivity index (χ2n) is 12.5. The zero-order valence-electron chi connectivity index (χ0n) is 24.7. The van der Waals surface area contributed by atoms with Crippen LogP contribution < -0.4 is 30.4 Å². The van der Waals surface area contributed by atoms with Gasteiger partial charge in [-0.1, -0.05) is 31.3 Å². The van der Waals surface area contributed by atoms with Crippen LogP contribution in [0.3, 0.4) is 0 Å². The fourth-order valence-corrected chi connectivity index (χ4v) is 10.0. The standard InChI is InChI=1S/C34H40N3O2Si/c1-22(38)10-9-15-37(4)34(39)26-12-8-7-11-25(26)33-27-18-23-13-16-35(2)29(23)20-31(27)40(5,6)32-21-30-24(19-28(32)33)14-17-36(30)3/h7-8,11-12,18-21H,9-10,13-17H2,1-6H3/q+1. The average Bonchev–Trinajstić information content (AvgIpc) is 3.48. The molecule has 0 unspecified atom stereocenters. The van der Waals surface area contributed by atoms with E-state index >= 15 is 0 Å². The van der Waals surface area contributed by atoms with E-state index in [-0.39, 0.29) is 11.7 Å². The molecule has 0 saturated carbocycles. The van der Waals surface area contributed by atoms with Crippen molar-refractivity contribution in [1.29, 1.82) is 0 Å². The molecule has 0 bridgehead atoms. The molecule has 0 radical (unpaired) electrons. The number of nitrogens with zero attached hydrogens (tertiary/aromatic N) is 3. The molecule has 6 rings (SSSR count). The van der Waals surface area contributed by atoms with Gasteiger partial charge in [0.2, 0.25) is 5.36 Å². The molecule has 0 aromatic heterocycles. The van der Waals surface area contributed by atoms with Gasteiger partial charge >= 0.3 is 0 Å². The first kappa shape index (κ1) is 26.7. The Balaban J connectivity index is 1.62. The quantitative estimate of drug-likeness (QED) is 0.349. The molecule has 3 aromatic rings. The molecule has 0 spiro atoms. The molecule has 0 aliphatic carbocycles. The Morgan fingerprint density at radius 1 is 1.00 bits per heavy atom. The summed E-state index contributed by atoms with van der Waals surface area (Å²) in [6.45, 7) is 9.24. The number of amides is 1. The number of anilines is 1. The summed E-state index contributed by atoms with van der Waals surface area (Å²) >= 11 is 0. The normalized spacial score (nSPS) is 16.4. The molecule has 0 atom stereocenters. The van der Waals surface area contributed by atoms with E-state index in [0.29, 0.717) is 19.4 Å². The third kappa shape index (κ3) is 4.24. The summed E-state index contributed by atoms with van der Waals surface area (Å²) in [6.07, 6.45) is 3.28. The first-order valence-electron chi connectivity index (χ1n) is 14.6. The number of likely N-dealkylation sites (N-methyl/N-ethyl adjacent to an activating group) is 2. The summed E-state index contributed by atoms with van der Waals surface area (Å²) in [7, 11) is 4.21. The van der Waals surface area contributed by atoms with Crippen LogP contribution in [-0.2, 0) is 17.6 Å². The van der Waals surface area contributed by atoms with Crippen LogP contribution in [0.4, 0.5) is 5.69 Å². The van der Waals surface area contributed by atoms with Gasteiger partial charge in [-0.15, -0.1) is 0 Å². The molecule has 0 N–H and O–H groups in total. The van der Waals surface area contributed by atoms with Crippen LogP contribution in [0.5, 0.6) is 0 Å². The van der Waals surface area contributed by atoms with Crippen molar-refractivity contribution in [3.05, 3.63) is 86.9 Å². The van der Waals surface area contributed by atoms with Crippen LogP contribution >= 0.6 is 0 Å². The van der Waals surface area contributed by atoms with E-state index in [9.17, 15) is 9.59 Å². The molecule has 5 nitrogen and oxygen atoms in total. The molecule has 6 heteroatoms. The predicted molar refractivity (Wildman–Crippen MR) is 167 cm³/mol. The fourth-order valence-electron chi connectivity index (χ4n) is 6.98. The molecule has 1 amide bonds. The van der Waals surface area contributed by atoms with Crippen LogP contribution in [0.1, 0.15) is 52.4 Å². The second kappa shape index (κ2) is 9.84. The fraction of sp³-hybridized carbons (Fsp3) is 0.382. The van der Waals surface area contributed by atoms with Crippen LogP contribution in [0.15, 0.2) is 48.5 Å². The van der Waals surface area contributed by atoms with Crippen LogP contribution in [0.2, 0.25) is 13.1 Å². The van der Waals surface area contributed by atoms with Gasteiger partial charge in [0.25, 0.3) is 5.91 Å². The van der Waals surface area contributed by atoms with Gasteiger partial charge in [-0.25, -0.2) is 4.58 Å². The van der Waals surface area contributed by atoms with Crippen molar-refractivity contribution in [3.8, 4) is 0 Å². The van der Waals surface area contributed by atoms with E-state index in [1.54, 1.807) is 11.8 Å². The number of carbonyl (C=O) groups excluding carboxylic acids is 2. The SMILES string of the molecule is CC(=O)CCCN(C)C(=O)c1ccccc1C1=c2cc3c(cc2[Si](C)(C)c2cc4c(cc21)CCN4C)=[N+](C)CC3. The minimum Gasteiger partial charge on any atom is -0.374 e. The highest BCUT2D eigenvalue weighted by Crippen LogP contribution is 2.34. The highest BCUT2D eigenvalue weighted by Gasteiger charge is 2.39. The van der Waals surface area contributed by atoms with Crippen LogP contribution in [0, 0.1) is 0 Å². The molecule has 3 aromatic carbocycles. The maximum absolute atomic E-state index is 13.9. The highest BCUT2D eigenvalue weighted by atomic mass is 28.3. The third-order valence-electron chi connectivity index (χ3n) is 9.37. The Morgan fingerprint density at radius 3 is 2.55 bits per heavy atom. The van der Waals surface area contributed by atoms with Crippen molar-refractivity contribution in [2.75, 3.05) is 45.7 Å². The summed E-state index contributed by atoms with van der Waals surface area (Å²) in [5.41, 5.74) is 8.41. The number of fused-ring (bicyclic) bond motifs is 4. The number of hydrogen-bond acceptors (Lipinski definition) is 3. The lowest BCUT2D eigenvalue weighted by atomic mass is 9.89. The largest absolute Gasteiger partial charge is 0.374 e. The number of ketones is 1. The summed E-state index contributed by atoms with van der Waals surface area (Å²) in [6, 6.07) is 18.0. The second-order valence-corrected chi connectivity index (χ2v) is 16.8. The Bertz CT molecular complexity index is 1700. The van der Waals surface area contributed by atoms with E-state index in [1.807, 2.05) is 19.2 Å². The summed E-state index contributed by atoms with van der Waals surface area (Å²) in [5, 5.41) is 5.58. The topological polar surface area (TPSA) is 43.6 Å². The smallest absolute Gasteiger partial charge is 0.254 e. The summed E-state index contributed by atoms with van der Waals surface area (Å²) in [5.74, 6) is 0.175. The molecular weight excluding hydrogens is 510 g/mol. The van der Waals surface area contributed by atoms with Gasteiger partial charge in [0.15, 0.2) is 0 Å². The van der Waals surface area contributed by atoms with Crippen LogP contribution in [0.25, 0.3) is 5.57 Å². The van der Waals surface area contributed by atoms with E-state index < -0.39 is 8.07 Å². The minimum absolute atomic E-state index is 0.0126. The number of benzene rings is 3. The van der Waals surface area contributed by atoms with Gasteiger partial charge in [-0.2, -0.15) is 0 Å². The van der Waals surface area contributed by atoms with Crippen molar-refractivity contribution >= 4 is 41.4 Å². The van der Waals surface area contributed by atoms with Gasteiger partial charge in [-0.05, 0) is 81.9 Å². The molecule has 0 saturated heterocycles. The maximum Gasteiger partial charge on any atom is 0.254 e. The highest BCUT2D eigenvalue weighted by molar-refractivity contribution is 7.01. The maximum atomic E-state index is 13.9. The van der Waals surface area contributed by atoms with Gasteiger partial charge < -0.3 is 14.6 Å². The van der Waals surface area contributed by atoms with Gasteiger partial charge in [-0.3, -0.25) is 4.79 Å². The van der Waals surface area contributed by atoms with Crippen molar-refractivity contribution in [2.24, 2.45) is 0 Å². The summed E-state index contributed by atoms with van der Waals surface area (Å²) < 4.78 is 2.39. The third-order valence-corrected chi connectivity index (χ3v) is 12.9. The Kier molecular flexibility index (Phi) is 6.57. The molecule has 40 heavy (non-hydrogen) atoms. The Hall–Kier alpha value is -3.51. The molecule has 0 fully saturated rings. The lowest BCUT2D eigenvalue weighted by Crippen LogP contribution is -2.64. The van der Waals surface area contributed by atoms with Crippen molar-refractivity contribution in [2.45, 2.75) is 45.7 Å². The number of carbonyl (C=O) groups is 2. The van der Waals surface area contributed by atoms with Crippen molar-refractivity contribution < 1.29 is 9.59 Å². The Morgan fingerprint density at radius 2 is 1.77 bits per heavy atom. The monoisotopic (exact) mass is 550 g/mol. The van der Waals surface area contributed by atoms with Gasteiger partial charge in [0.05, 0.1) is 0 Å². The number of hydrogen-bond donors (Lipinski definition) is 0. The van der Waals surface area contributed by atoms with Crippen molar-refractivity contribution in [1.82, 2.24) is 9.48 Å². The zero-order valence-corrected chi connectivity index (χ0v) is 25.7. The van der Waals surface area contributed by atoms with Gasteiger partial charge in [0.1, 0.15) is 27.4 Å². The van der Waals surface area contributed by atoms with E-state index in [1.165, 1.54) is 48.9 Å². The van der Waals surface area contributed by atoms with Gasteiger partial charge in [0, 0.05) is 62.9 Å². The minimum atomic E-state index is -2.05. The van der Waals surface area contributed by atoms with Crippen LogP contribution in [-0.4, -0.2) is 65.4 Å². The summed E-state index contributed by atoms with van der Waals surface area (Å²) in [4.78, 5) is 29.6. The Labute approximate surface area is 238 Å². The van der Waals surface area contributed by atoms with E-state index in [4.69, 9.17) is 0 Å². The first-order chi connectivity index (χ1) is 19.1.